The first-order chi connectivity index (χ1) is 11.9. The van der Waals surface area contributed by atoms with E-state index in [0.717, 1.165) is 11.1 Å². The zero-order chi connectivity index (χ0) is 18.0. The summed E-state index contributed by atoms with van der Waals surface area (Å²) in [5, 5.41) is 2.98. The van der Waals surface area contributed by atoms with Crippen LogP contribution >= 0.6 is 0 Å². The van der Waals surface area contributed by atoms with Crippen molar-refractivity contribution in [1.82, 2.24) is 10.2 Å². The second kappa shape index (κ2) is 6.71. The maximum atomic E-state index is 13.4. The van der Waals surface area contributed by atoms with Crippen molar-refractivity contribution in [3.8, 4) is 0 Å². The van der Waals surface area contributed by atoms with Crippen LogP contribution in [0.2, 0.25) is 0 Å². The largest absolute Gasteiger partial charge is 0.336 e. The molecule has 2 aromatic carbocycles. The van der Waals surface area contributed by atoms with Crippen molar-refractivity contribution >= 4 is 11.8 Å². The lowest BCUT2D eigenvalue weighted by Gasteiger charge is -2.46. The number of rotatable bonds is 4. The Kier molecular flexibility index (Phi) is 4.62. The van der Waals surface area contributed by atoms with Gasteiger partial charge in [0.2, 0.25) is 5.91 Å². The van der Waals surface area contributed by atoms with Crippen molar-refractivity contribution in [1.29, 1.82) is 0 Å². The number of amides is 2. The molecule has 1 heterocycles. The molecule has 25 heavy (non-hydrogen) atoms. The predicted molar refractivity (Wildman–Crippen MR) is 97.6 cm³/mol. The van der Waals surface area contributed by atoms with Crippen molar-refractivity contribution in [3.63, 3.8) is 0 Å². The van der Waals surface area contributed by atoms with E-state index < -0.39 is 11.6 Å². The molecule has 1 fully saturated rings. The van der Waals surface area contributed by atoms with Gasteiger partial charge in [-0.3, -0.25) is 9.59 Å². The van der Waals surface area contributed by atoms with Crippen LogP contribution < -0.4 is 5.32 Å². The summed E-state index contributed by atoms with van der Waals surface area (Å²) < 4.78 is 0. The number of piperazine rings is 1. The van der Waals surface area contributed by atoms with Crippen molar-refractivity contribution < 1.29 is 9.59 Å². The number of carbonyl (C=O) groups excluding carboxylic acids is 2. The maximum Gasteiger partial charge on any atom is 0.253 e. The van der Waals surface area contributed by atoms with E-state index in [1.165, 1.54) is 0 Å². The highest BCUT2D eigenvalue weighted by Gasteiger charge is 2.49. The van der Waals surface area contributed by atoms with E-state index in [4.69, 9.17) is 0 Å². The zero-order valence-corrected chi connectivity index (χ0v) is 14.9. The van der Waals surface area contributed by atoms with Gasteiger partial charge in [-0.15, -0.1) is 0 Å². The molecule has 0 bridgehead atoms. The molecule has 2 unspecified atom stereocenters. The third kappa shape index (κ3) is 3.16. The summed E-state index contributed by atoms with van der Waals surface area (Å²) in [6.45, 7) is 6.16. The highest BCUT2D eigenvalue weighted by molar-refractivity contribution is 6.00. The van der Waals surface area contributed by atoms with E-state index in [0.29, 0.717) is 6.54 Å². The molecule has 2 aromatic rings. The van der Waals surface area contributed by atoms with Crippen LogP contribution in [-0.4, -0.2) is 22.8 Å². The molecule has 2 atom stereocenters. The minimum Gasteiger partial charge on any atom is -0.336 e. The summed E-state index contributed by atoms with van der Waals surface area (Å²) in [6, 6.07) is 18.8. The van der Waals surface area contributed by atoms with Crippen LogP contribution in [0.3, 0.4) is 0 Å². The first-order valence-corrected chi connectivity index (χ1v) is 8.66. The van der Waals surface area contributed by atoms with Gasteiger partial charge in [-0.2, -0.15) is 0 Å². The molecule has 130 valence electrons. The normalized spacial score (nSPS) is 23.7. The van der Waals surface area contributed by atoms with E-state index in [-0.39, 0.29) is 17.7 Å². The molecule has 0 saturated carbocycles. The molecule has 1 aliphatic heterocycles. The minimum absolute atomic E-state index is 0.0352. The van der Waals surface area contributed by atoms with Crippen LogP contribution in [0.15, 0.2) is 60.7 Å². The highest BCUT2D eigenvalue weighted by Crippen LogP contribution is 2.31. The molecule has 0 aromatic heterocycles. The molecule has 2 amide bonds. The van der Waals surface area contributed by atoms with E-state index in [1.54, 1.807) is 11.8 Å². The SMILES string of the molecule is CC(C)C1C(=O)NC(C)(c2ccccc2)C(=O)N1Cc1ccccc1. The van der Waals surface area contributed by atoms with Crippen LogP contribution in [0, 0.1) is 5.92 Å². The van der Waals surface area contributed by atoms with E-state index >= 15 is 0 Å². The predicted octanol–water partition coefficient (Wildman–Crippen LogP) is 3.09. The Hall–Kier alpha value is -2.62. The summed E-state index contributed by atoms with van der Waals surface area (Å²) in [5.41, 5.74) is 0.777. The third-order valence-electron chi connectivity index (χ3n) is 4.84. The lowest BCUT2D eigenvalue weighted by Crippen LogP contribution is -2.68. The van der Waals surface area contributed by atoms with Crippen LogP contribution in [0.25, 0.3) is 0 Å². The van der Waals surface area contributed by atoms with Gasteiger partial charge in [-0.05, 0) is 24.0 Å². The summed E-state index contributed by atoms with van der Waals surface area (Å²) in [6.07, 6.45) is 0. The van der Waals surface area contributed by atoms with E-state index in [2.05, 4.69) is 5.32 Å². The minimum atomic E-state index is -1.04. The number of nitrogens with zero attached hydrogens (tertiary/aromatic N) is 1. The topological polar surface area (TPSA) is 49.4 Å². The van der Waals surface area contributed by atoms with Crippen molar-refractivity contribution in [2.24, 2.45) is 5.92 Å². The van der Waals surface area contributed by atoms with Gasteiger partial charge >= 0.3 is 0 Å². The molecular weight excluding hydrogens is 312 g/mol. The van der Waals surface area contributed by atoms with Crippen molar-refractivity contribution in [2.75, 3.05) is 0 Å². The molecule has 4 heteroatoms. The fourth-order valence-corrected chi connectivity index (χ4v) is 3.51. The monoisotopic (exact) mass is 336 g/mol. The lowest BCUT2D eigenvalue weighted by molar-refractivity contribution is -0.157. The summed E-state index contributed by atoms with van der Waals surface area (Å²) in [7, 11) is 0. The standard InChI is InChI=1S/C21H24N2O2/c1-15(2)18-19(24)22-21(3,17-12-8-5-9-13-17)20(25)23(18)14-16-10-6-4-7-11-16/h4-13,15,18H,14H2,1-3H3,(H,22,24). The van der Waals surface area contributed by atoms with Gasteiger partial charge in [0.05, 0.1) is 0 Å². The molecule has 3 rings (SSSR count). The molecular formula is C21H24N2O2. The Balaban J connectivity index is 2.01. The first-order valence-electron chi connectivity index (χ1n) is 8.66. The Labute approximate surface area is 148 Å². The number of carbonyl (C=O) groups is 2. The molecule has 1 N–H and O–H groups in total. The zero-order valence-electron chi connectivity index (χ0n) is 14.9. The van der Waals surface area contributed by atoms with Crippen LogP contribution in [0.1, 0.15) is 31.9 Å². The number of hydrogen-bond acceptors (Lipinski definition) is 2. The van der Waals surface area contributed by atoms with Gasteiger partial charge in [0, 0.05) is 6.54 Å². The molecule has 0 aliphatic carbocycles. The highest BCUT2D eigenvalue weighted by atomic mass is 16.2. The smallest absolute Gasteiger partial charge is 0.253 e. The van der Waals surface area contributed by atoms with Crippen molar-refractivity contribution in [3.05, 3.63) is 71.8 Å². The molecule has 1 saturated heterocycles. The van der Waals surface area contributed by atoms with E-state index in [9.17, 15) is 9.59 Å². The Morgan fingerprint density at radius 1 is 1.00 bits per heavy atom. The maximum absolute atomic E-state index is 13.4. The number of nitrogens with one attached hydrogen (secondary N) is 1. The first kappa shape index (κ1) is 17.2. The van der Waals surface area contributed by atoms with Gasteiger partial charge in [-0.1, -0.05) is 74.5 Å². The Bertz CT molecular complexity index is 758. The lowest BCUT2D eigenvalue weighted by atomic mass is 9.84. The van der Waals surface area contributed by atoms with Crippen molar-refractivity contribution in [2.45, 2.75) is 38.9 Å². The molecule has 4 nitrogen and oxygen atoms in total. The fraction of sp³-hybridized carbons (Fsp3) is 0.333. The van der Waals surface area contributed by atoms with Gasteiger partial charge in [0.15, 0.2) is 0 Å². The second-order valence-electron chi connectivity index (χ2n) is 7.09. The summed E-state index contributed by atoms with van der Waals surface area (Å²) in [5.74, 6) is -0.134. The second-order valence-corrected chi connectivity index (χ2v) is 7.09. The average Bonchev–Trinajstić information content (AvgIpc) is 2.61. The van der Waals surface area contributed by atoms with Gasteiger partial charge in [0.1, 0.15) is 11.6 Å². The third-order valence-corrected chi connectivity index (χ3v) is 4.84. The van der Waals surface area contributed by atoms with Crippen LogP contribution in [0.5, 0.6) is 0 Å². The quantitative estimate of drug-likeness (QED) is 0.933. The van der Waals surface area contributed by atoms with Gasteiger partial charge in [-0.25, -0.2) is 0 Å². The molecule has 1 aliphatic rings. The number of hydrogen-bond donors (Lipinski definition) is 1. The average molecular weight is 336 g/mol. The van der Waals surface area contributed by atoms with Gasteiger partial charge in [0.25, 0.3) is 5.91 Å². The summed E-state index contributed by atoms with van der Waals surface area (Å²) >= 11 is 0. The summed E-state index contributed by atoms with van der Waals surface area (Å²) in [4.78, 5) is 28.0. The fourth-order valence-electron chi connectivity index (χ4n) is 3.51. The van der Waals surface area contributed by atoms with Crippen LogP contribution in [0.4, 0.5) is 0 Å². The number of benzene rings is 2. The Morgan fingerprint density at radius 2 is 1.56 bits per heavy atom. The van der Waals surface area contributed by atoms with E-state index in [1.807, 2.05) is 74.5 Å². The molecule has 0 radical (unpaired) electrons. The Morgan fingerprint density at radius 3 is 2.12 bits per heavy atom. The molecule has 0 spiro atoms. The van der Waals surface area contributed by atoms with Gasteiger partial charge < -0.3 is 10.2 Å². The van der Waals surface area contributed by atoms with Crippen LogP contribution in [-0.2, 0) is 21.7 Å².